The standard InChI is InChI=1S/C20H33N/c1-5-11-21-20(18-8-6-7-15(2)12-18)14-19-13-16(3)9-10-17(19)4/h9-10,13,15,18,20-21H,5-8,11-12,14H2,1-4H3. The lowest BCUT2D eigenvalue weighted by Crippen LogP contribution is -2.40. The third kappa shape index (κ3) is 4.85. The average Bonchev–Trinajstić information content (AvgIpc) is 2.47. The average molecular weight is 287 g/mol. The molecule has 1 fully saturated rings. The molecule has 1 aliphatic rings. The van der Waals surface area contributed by atoms with Crippen molar-refractivity contribution in [2.24, 2.45) is 11.8 Å². The lowest BCUT2D eigenvalue weighted by atomic mass is 9.76. The summed E-state index contributed by atoms with van der Waals surface area (Å²) in [7, 11) is 0. The van der Waals surface area contributed by atoms with Crippen LogP contribution in [0.15, 0.2) is 18.2 Å². The molecule has 2 rings (SSSR count). The Labute approximate surface area is 131 Å². The molecule has 0 saturated heterocycles. The Morgan fingerprint density at radius 2 is 2.05 bits per heavy atom. The van der Waals surface area contributed by atoms with Crippen LogP contribution in [0.2, 0.25) is 0 Å². The lowest BCUT2D eigenvalue weighted by molar-refractivity contribution is 0.221. The van der Waals surface area contributed by atoms with Gasteiger partial charge in [-0.25, -0.2) is 0 Å². The van der Waals surface area contributed by atoms with Gasteiger partial charge in [0.2, 0.25) is 0 Å². The Hall–Kier alpha value is -0.820. The van der Waals surface area contributed by atoms with Crippen LogP contribution in [-0.2, 0) is 6.42 Å². The molecule has 3 unspecified atom stereocenters. The maximum absolute atomic E-state index is 3.85. The maximum Gasteiger partial charge on any atom is 0.0136 e. The van der Waals surface area contributed by atoms with E-state index in [2.05, 4.69) is 51.2 Å². The fourth-order valence-electron chi connectivity index (χ4n) is 3.84. The molecule has 21 heavy (non-hydrogen) atoms. The van der Waals surface area contributed by atoms with Crippen molar-refractivity contribution in [3.63, 3.8) is 0 Å². The molecule has 0 amide bonds. The van der Waals surface area contributed by atoms with E-state index in [9.17, 15) is 0 Å². The summed E-state index contributed by atoms with van der Waals surface area (Å²) in [5.41, 5.74) is 4.39. The van der Waals surface area contributed by atoms with Gasteiger partial charge in [-0.3, -0.25) is 0 Å². The van der Waals surface area contributed by atoms with E-state index in [-0.39, 0.29) is 0 Å². The minimum absolute atomic E-state index is 0.660. The van der Waals surface area contributed by atoms with Crippen molar-refractivity contribution in [3.8, 4) is 0 Å². The van der Waals surface area contributed by atoms with Crippen molar-refractivity contribution in [1.29, 1.82) is 0 Å². The normalized spacial score (nSPS) is 24.0. The predicted octanol–water partition coefficient (Wildman–Crippen LogP) is 5.04. The summed E-state index contributed by atoms with van der Waals surface area (Å²) in [5.74, 6) is 1.77. The van der Waals surface area contributed by atoms with Gasteiger partial charge in [-0.2, -0.15) is 0 Å². The van der Waals surface area contributed by atoms with Crippen molar-refractivity contribution in [3.05, 3.63) is 34.9 Å². The van der Waals surface area contributed by atoms with E-state index in [1.165, 1.54) is 49.7 Å². The van der Waals surface area contributed by atoms with Crippen LogP contribution in [0.1, 0.15) is 62.6 Å². The largest absolute Gasteiger partial charge is 0.313 e. The summed E-state index contributed by atoms with van der Waals surface area (Å²) in [6.45, 7) is 10.3. The number of rotatable bonds is 6. The first-order valence-electron chi connectivity index (χ1n) is 8.89. The van der Waals surface area contributed by atoms with E-state index in [0.29, 0.717) is 6.04 Å². The molecule has 1 nitrogen and oxygen atoms in total. The van der Waals surface area contributed by atoms with Crippen LogP contribution in [0.25, 0.3) is 0 Å². The number of hydrogen-bond donors (Lipinski definition) is 1. The minimum Gasteiger partial charge on any atom is -0.313 e. The second-order valence-corrected chi connectivity index (χ2v) is 7.23. The highest BCUT2D eigenvalue weighted by Gasteiger charge is 2.26. The van der Waals surface area contributed by atoms with Crippen LogP contribution in [0.3, 0.4) is 0 Å². The Morgan fingerprint density at radius 3 is 2.76 bits per heavy atom. The van der Waals surface area contributed by atoms with Crippen LogP contribution in [0.4, 0.5) is 0 Å². The highest BCUT2D eigenvalue weighted by atomic mass is 14.9. The molecule has 1 aliphatic carbocycles. The SMILES string of the molecule is CCCNC(Cc1cc(C)ccc1C)C1CCCC(C)C1. The number of hydrogen-bond acceptors (Lipinski definition) is 1. The smallest absolute Gasteiger partial charge is 0.0136 e. The molecule has 0 bridgehead atoms. The summed E-state index contributed by atoms with van der Waals surface area (Å²) in [5, 5.41) is 3.85. The van der Waals surface area contributed by atoms with Gasteiger partial charge in [0.05, 0.1) is 0 Å². The van der Waals surface area contributed by atoms with E-state index in [1.54, 1.807) is 5.56 Å². The first-order chi connectivity index (χ1) is 10.1. The summed E-state index contributed by atoms with van der Waals surface area (Å²) >= 11 is 0. The number of nitrogens with one attached hydrogen (secondary N) is 1. The quantitative estimate of drug-likeness (QED) is 0.773. The molecule has 0 spiro atoms. The highest BCUT2D eigenvalue weighted by molar-refractivity contribution is 5.31. The fourth-order valence-corrected chi connectivity index (χ4v) is 3.84. The molecule has 118 valence electrons. The first-order valence-corrected chi connectivity index (χ1v) is 8.89. The predicted molar refractivity (Wildman–Crippen MR) is 92.8 cm³/mol. The van der Waals surface area contributed by atoms with E-state index in [0.717, 1.165) is 18.4 Å². The third-order valence-corrected chi connectivity index (χ3v) is 5.15. The van der Waals surface area contributed by atoms with Crippen LogP contribution in [0.5, 0.6) is 0 Å². The number of benzene rings is 1. The Bertz CT molecular complexity index is 437. The zero-order valence-electron chi connectivity index (χ0n) is 14.4. The zero-order valence-corrected chi connectivity index (χ0v) is 14.4. The molecule has 0 aliphatic heterocycles. The van der Waals surface area contributed by atoms with Gasteiger partial charge in [-0.15, -0.1) is 0 Å². The van der Waals surface area contributed by atoms with Gasteiger partial charge in [-0.1, -0.05) is 50.5 Å². The zero-order chi connectivity index (χ0) is 15.2. The Kier molecular flexibility index (Phi) is 6.29. The fraction of sp³-hybridized carbons (Fsp3) is 0.700. The first kappa shape index (κ1) is 16.5. The second-order valence-electron chi connectivity index (χ2n) is 7.23. The number of aryl methyl sites for hydroxylation is 2. The van der Waals surface area contributed by atoms with Crippen LogP contribution in [0, 0.1) is 25.7 Å². The van der Waals surface area contributed by atoms with Gasteiger partial charge in [0.25, 0.3) is 0 Å². The van der Waals surface area contributed by atoms with Gasteiger partial charge in [-0.05, 0) is 69.0 Å². The van der Waals surface area contributed by atoms with Gasteiger partial charge < -0.3 is 5.32 Å². The highest BCUT2D eigenvalue weighted by Crippen LogP contribution is 2.32. The van der Waals surface area contributed by atoms with E-state index in [4.69, 9.17) is 0 Å². The second kappa shape index (κ2) is 7.98. The molecule has 0 heterocycles. The van der Waals surface area contributed by atoms with E-state index >= 15 is 0 Å². The molecule has 1 heteroatoms. The van der Waals surface area contributed by atoms with Gasteiger partial charge >= 0.3 is 0 Å². The maximum atomic E-state index is 3.85. The summed E-state index contributed by atoms with van der Waals surface area (Å²) in [6, 6.07) is 7.57. The van der Waals surface area contributed by atoms with Gasteiger partial charge in [0.1, 0.15) is 0 Å². The lowest BCUT2D eigenvalue weighted by Gasteiger charge is -2.34. The molecule has 3 atom stereocenters. The topological polar surface area (TPSA) is 12.0 Å². The molecule has 1 aromatic rings. The molecule has 1 N–H and O–H groups in total. The molecule has 1 aromatic carbocycles. The monoisotopic (exact) mass is 287 g/mol. The molecular weight excluding hydrogens is 254 g/mol. The molecule has 0 aromatic heterocycles. The van der Waals surface area contributed by atoms with Crippen LogP contribution >= 0.6 is 0 Å². The molecular formula is C20H33N. The minimum atomic E-state index is 0.660. The van der Waals surface area contributed by atoms with E-state index in [1.807, 2.05) is 0 Å². The Balaban J connectivity index is 2.09. The van der Waals surface area contributed by atoms with Gasteiger partial charge in [0, 0.05) is 6.04 Å². The van der Waals surface area contributed by atoms with E-state index < -0.39 is 0 Å². The van der Waals surface area contributed by atoms with Crippen molar-refractivity contribution in [2.75, 3.05) is 6.54 Å². The third-order valence-electron chi connectivity index (χ3n) is 5.15. The van der Waals surface area contributed by atoms with Gasteiger partial charge in [0.15, 0.2) is 0 Å². The van der Waals surface area contributed by atoms with Crippen LogP contribution < -0.4 is 5.32 Å². The molecule has 0 radical (unpaired) electrons. The van der Waals surface area contributed by atoms with Crippen molar-refractivity contribution >= 4 is 0 Å². The van der Waals surface area contributed by atoms with Crippen molar-refractivity contribution in [1.82, 2.24) is 5.32 Å². The van der Waals surface area contributed by atoms with Crippen molar-refractivity contribution in [2.45, 2.75) is 72.3 Å². The van der Waals surface area contributed by atoms with Crippen LogP contribution in [-0.4, -0.2) is 12.6 Å². The molecule has 1 saturated carbocycles. The van der Waals surface area contributed by atoms with Crippen molar-refractivity contribution < 1.29 is 0 Å². The summed E-state index contributed by atoms with van der Waals surface area (Å²) < 4.78 is 0. The Morgan fingerprint density at radius 1 is 1.24 bits per heavy atom. The summed E-state index contributed by atoms with van der Waals surface area (Å²) in [4.78, 5) is 0. The summed E-state index contributed by atoms with van der Waals surface area (Å²) in [6.07, 6.45) is 8.10.